The minimum Gasteiger partial charge on any atom is -0.308 e. The molecule has 2 aromatic rings. The second kappa shape index (κ2) is 4.63. The molecule has 1 fully saturated rings. The van der Waals surface area contributed by atoms with Gasteiger partial charge in [0.15, 0.2) is 0 Å². The fraction of sp³-hybridized carbons (Fsp3) is 0.308. The van der Waals surface area contributed by atoms with Crippen LogP contribution < -0.4 is 5.32 Å². The van der Waals surface area contributed by atoms with Gasteiger partial charge in [0.2, 0.25) is 0 Å². The summed E-state index contributed by atoms with van der Waals surface area (Å²) in [6.45, 7) is 0.867. The Labute approximate surface area is 109 Å². The molecule has 1 aliphatic carbocycles. The Balaban J connectivity index is 1.74. The van der Waals surface area contributed by atoms with Crippen LogP contribution in [0.15, 0.2) is 41.0 Å². The molecule has 3 nitrogen and oxygen atoms in total. The Morgan fingerprint density at radius 3 is 3.00 bits per heavy atom. The predicted octanol–water partition coefficient (Wildman–Crippen LogP) is 2.89. The van der Waals surface area contributed by atoms with Gasteiger partial charge >= 0.3 is 0 Å². The number of benzene rings is 1. The van der Waals surface area contributed by atoms with Crippen LogP contribution in [0.3, 0.4) is 0 Å². The van der Waals surface area contributed by atoms with Gasteiger partial charge in [-0.25, -0.2) is 4.68 Å². The van der Waals surface area contributed by atoms with E-state index in [1.54, 1.807) is 0 Å². The van der Waals surface area contributed by atoms with Crippen molar-refractivity contribution in [1.29, 1.82) is 0 Å². The van der Waals surface area contributed by atoms with Crippen LogP contribution in [0.25, 0.3) is 5.69 Å². The molecule has 0 bridgehead atoms. The summed E-state index contributed by atoms with van der Waals surface area (Å²) in [4.78, 5) is 0. The van der Waals surface area contributed by atoms with E-state index in [4.69, 9.17) is 0 Å². The van der Waals surface area contributed by atoms with Gasteiger partial charge in [-0.1, -0.05) is 22.0 Å². The number of nitrogens with zero attached hydrogens (tertiary/aromatic N) is 2. The maximum Gasteiger partial charge on any atom is 0.0766 e. The highest BCUT2D eigenvalue weighted by Crippen LogP contribution is 2.19. The molecule has 0 aliphatic heterocycles. The van der Waals surface area contributed by atoms with E-state index in [-0.39, 0.29) is 0 Å². The summed E-state index contributed by atoms with van der Waals surface area (Å²) in [6.07, 6.45) is 4.63. The molecule has 1 aromatic carbocycles. The van der Waals surface area contributed by atoms with Gasteiger partial charge in [0.25, 0.3) is 0 Å². The topological polar surface area (TPSA) is 29.9 Å². The molecule has 0 saturated heterocycles. The fourth-order valence-electron chi connectivity index (χ4n) is 1.75. The van der Waals surface area contributed by atoms with E-state index in [2.05, 4.69) is 44.5 Å². The third kappa shape index (κ3) is 2.76. The molecule has 88 valence electrons. The zero-order valence-corrected chi connectivity index (χ0v) is 11.0. The third-order valence-corrected chi connectivity index (χ3v) is 3.36. The maximum absolute atomic E-state index is 4.55. The van der Waals surface area contributed by atoms with Crippen molar-refractivity contribution in [2.75, 3.05) is 0 Å². The lowest BCUT2D eigenvalue weighted by molar-refractivity contribution is 0.665. The molecule has 17 heavy (non-hydrogen) atoms. The summed E-state index contributed by atoms with van der Waals surface area (Å²) < 4.78 is 2.98. The summed E-state index contributed by atoms with van der Waals surface area (Å²) in [5.41, 5.74) is 2.17. The molecule has 1 N–H and O–H groups in total. The van der Waals surface area contributed by atoms with Crippen LogP contribution in [0.5, 0.6) is 0 Å². The zero-order chi connectivity index (χ0) is 11.7. The highest BCUT2D eigenvalue weighted by atomic mass is 79.9. The lowest BCUT2D eigenvalue weighted by Crippen LogP contribution is -2.15. The average molecular weight is 292 g/mol. The third-order valence-electron chi connectivity index (χ3n) is 2.87. The Hall–Kier alpha value is -1.13. The van der Waals surface area contributed by atoms with Crippen LogP contribution in [0.1, 0.15) is 18.5 Å². The first-order chi connectivity index (χ1) is 8.31. The summed E-state index contributed by atoms with van der Waals surface area (Å²) in [5, 5.41) is 8.02. The minimum atomic E-state index is 0.728. The van der Waals surface area contributed by atoms with E-state index in [1.165, 1.54) is 12.8 Å². The highest BCUT2D eigenvalue weighted by Gasteiger charge is 2.20. The Morgan fingerprint density at radius 1 is 1.35 bits per heavy atom. The molecule has 0 radical (unpaired) electrons. The lowest BCUT2D eigenvalue weighted by atomic mass is 10.3. The quantitative estimate of drug-likeness (QED) is 0.939. The van der Waals surface area contributed by atoms with Gasteiger partial charge in [-0.3, -0.25) is 0 Å². The van der Waals surface area contributed by atoms with Gasteiger partial charge in [0.05, 0.1) is 11.4 Å². The molecule has 0 unspecified atom stereocenters. The van der Waals surface area contributed by atoms with Crippen molar-refractivity contribution in [3.8, 4) is 5.69 Å². The van der Waals surface area contributed by atoms with E-state index in [1.807, 2.05) is 23.0 Å². The van der Waals surface area contributed by atoms with Crippen LogP contribution in [-0.4, -0.2) is 15.8 Å². The van der Waals surface area contributed by atoms with E-state index < -0.39 is 0 Å². The van der Waals surface area contributed by atoms with Crippen LogP contribution in [0, 0.1) is 0 Å². The summed E-state index contributed by atoms with van der Waals surface area (Å²) in [5.74, 6) is 0. The molecule has 3 rings (SSSR count). The normalized spacial score (nSPS) is 15.1. The van der Waals surface area contributed by atoms with Gasteiger partial charge in [-0.2, -0.15) is 5.10 Å². The zero-order valence-electron chi connectivity index (χ0n) is 9.44. The summed E-state index contributed by atoms with van der Waals surface area (Å²) >= 11 is 3.47. The van der Waals surface area contributed by atoms with Crippen molar-refractivity contribution in [1.82, 2.24) is 15.1 Å². The molecule has 1 aliphatic rings. The number of nitrogens with one attached hydrogen (secondary N) is 1. The molecule has 0 atom stereocenters. The van der Waals surface area contributed by atoms with Crippen LogP contribution in [0.4, 0.5) is 0 Å². The van der Waals surface area contributed by atoms with Crippen molar-refractivity contribution >= 4 is 15.9 Å². The standard InChI is InChI=1S/C13H14BrN3/c14-10-2-1-3-13(8-10)17-7-6-12(16-17)9-15-11-4-5-11/h1-3,6-8,11,15H,4-5,9H2. The number of aromatic nitrogens is 2. The van der Waals surface area contributed by atoms with Crippen LogP contribution in [0.2, 0.25) is 0 Å². The molecule has 0 spiro atoms. The molecular formula is C13H14BrN3. The largest absolute Gasteiger partial charge is 0.308 e. The van der Waals surface area contributed by atoms with Crippen molar-refractivity contribution in [3.63, 3.8) is 0 Å². The van der Waals surface area contributed by atoms with Gasteiger partial charge in [0, 0.05) is 23.3 Å². The van der Waals surface area contributed by atoms with Crippen LogP contribution in [-0.2, 0) is 6.54 Å². The van der Waals surface area contributed by atoms with Crippen molar-refractivity contribution in [2.45, 2.75) is 25.4 Å². The molecule has 1 saturated carbocycles. The Kier molecular flexibility index (Phi) is 2.99. The number of hydrogen-bond acceptors (Lipinski definition) is 2. The fourth-order valence-corrected chi connectivity index (χ4v) is 2.14. The van der Waals surface area contributed by atoms with E-state index in [0.717, 1.165) is 28.4 Å². The average Bonchev–Trinajstić information content (AvgIpc) is 3.04. The van der Waals surface area contributed by atoms with Crippen LogP contribution >= 0.6 is 15.9 Å². The molecular weight excluding hydrogens is 278 g/mol. The molecule has 0 amide bonds. The lowest BCUT2D eigenvalue weighted by Gasteiger charge is -2.02. The second-order valence-corrected chi connectivity index (χ2v) is 5.30. The van der Waals surface area contributed by atoms with Crippen molar-refractivity contribution in [2.24, 2.45) is 0 Å². The van der Waals surface area contributed by atoms with Gasteiger partial charge in [-0.05, 0) is 37.1 Å². The number of rotatable bonds is 4. The summed E-state index contributed by atoms with van der Waals surface area (Å²) in [7, 11) is 0. The van der Waals surface area contributed by atoms with Gasteiger partial charge in [0.1, 0.15) is 0 Å². The van der Waals surface area contributed by atoms with Gasteiger partial charge < -0.3 is 5.32 Å². The smallest absolute Gasteiger partial charge is 0.0766 e. The first-order valence-corrected chi connectivity index (χ1v) is 6.64. The summed E-state index contributed by atoms with van der Waals surface area (Å²) in [6, 6.07) is 10.9. The monoisotopic (exact) mass is 291 g/mol. The molecule has 1 aromatic heterocycles. The molecule has 1 heterocycles. The van der Waals surface area contributed by atoms with Crippen molar-refractivity contribution < 1.29 is 0 Å². The minimum absolute atomic E-state index is 0.728. The van der Waals surface area contributed by atoms with Gasteiger partial charge in [-0.15, -0.1) is 0 Å². The first-order valence-electron chi connectivity index (χ1n) is 5.85. The maximum atomic E-state index is 4.55. The van der Waals surface area contributed by atoms with E-state index in [0.29, 0.717) is 0 Å². The number of halogens is 1. The SMILES string of the molecule is Brc1cccc(-n2ccc(CNC3CC3)n2)c1. The second-order valence-electron chi connectivity index (χ2n) is 4.39. The first kappa shape index (κ1) is 11.0. The van der Waals surface area contributed by atoms with E-state index >= 15 is 0 Å². The predicted molar refractivity (Wildman–Crippen MR) is 71.1 cm³/mol. The van der Waals surface area contributed by atoms with E-state index in [9.17, 15) is 0 Å². The Bertz CT molecular complexity index is 517. The highest BCUT2D eigenvalue weighted by molar-refractivity contribution is 9.10. The number of hydrogen-bond donors (Lipinski definition) is 1. The molecule has 4 heteroatoms. The van der Waals surface area contributed by atoms with Crippen molar-refractivity contribution in [3.05, 3.63) is 46.7 Å². The Morgan fingerprint density at radius 2 is 2.24 bits per heavy atom.